The van der Waals surface area contributed by atoms with Gasteiger partial charge in [-0.1, -0.05) is 23.0 Å². The number of aryl methyl sites for hydroxylation is 1. The molecule has 1 aromatic rings. The molecule has 0 atom stereocenters. The highest BCUT2D eigenvalue weighted by Crippen LogP contribution is 2.10. The van der Waals surface area contributed by atoms with E-state index in [1.54, 1.807) is 0 Å². The first kappa shape index (κ1) is 11.1. The minimum Gasteiger partial charge on any atom is -0.392 e. The van der Waals surface area contributed by atoms with Crippen LogP contribution >= 0.6 is 0 Å². The van der Waals surface area contributed by atoms with E-state index in [2.05, 4.69) is 21.9 Å². The number of rotatable bonds is 2. The fraction of sp³-hybridized carbons (Fsp3) is 0.273. The molecule has 0 radical (unpaired) electrons. The molecule has 0 heterocycles. The molecule has 15 heavy (non-hydrogen) atoms. The first-order chi connectivity index (χ1) is 7.27. The van der Waals surface area contributed by atoms with Crippen molar-refractivity contribution in [1.82, 2.24) is 0 Å². The lowest BCUT2D eigenvalue weighted by atomic mass is 10.1. The Morgan fingerprint density at radius 3 is 3.00 bits per heavy atom. The minimum absolute atomic E-state index is 0.0116. The van der Waals surface area contributed by atoms with Crippen molar-refractivity contribution in [2.75, 3.05) is 6.54 Å². The number of hydrogen-bond acceptors (Lipinski definition) is 2. The molecule has 0 amide bonds. The maximum atomic E-state index is 9.04. The number of benzene rings is 1. The van der Waals surface area contributed by atoms with Gasteiger partial charge in [-0.3, -0.25) is 0 Å². The number of azide groups is 1. The maximum absolute atomic E-state index is 9.04. The molecule has 76 valence electrons. The Morgan fingerprint density at radius 2 is 2.33 bits per heavy atom. The van der Waals surface area contributed by atoms with Crippen LogP contribution in [0.5, 0.6) is 0 Å². The van der Waals surface area contributed by atoms with Gasteiger partial charge in [0, 0.05) is 10.5 Å². The van der Waals surface area contributed by atoms with Gasteiger partial charge in [0.1, 0.15) is 0 Å². The van der Waals surface area contributed by atoms with Gasteiger partial charge >= 0.3 is 0 Å². The van der Waals surface area contributed by atoms with Crippen molar-refractivity contribution in [2.45, 2.75) is 13.5 Å². The summed E-state index contributed by atoms with van der Waals surface area (Å²) in [6.45, 7) is 2.11. The zero-order valence-electron chi connectivity index (χ0n) is 8.44. The van der Waals surface area contributed by atoms with Crippen molar-refractivity contribution in [1.29, 1.82) is 0 Å². The zero-order chi connectivity index (χ0) is 11.1. The van der Waals surface area contributed by atoms with Crippen LogP contribution in [0.15, 0.2) is 23.3 Å². The molecule has 4 heteroatoms. The summed E-state index contributed by atoms with van der Waals surface area (Å²) in [7, 11) is 0. The Balaban J connectivity index is 2.85. The van der Waals surface area contributed by atoms with E-state index >= 15 is 0 Å². The molecule has 0 aromatic heterocycles. The summed E-state index contributed by atoms with van der Waals surface area (Å²) in [5, 5.41) is 12.3. The van der Waals surface area contributed by atoms with Gasteiger partial charge in [-0.25, -0.2) is 0 Å². The number of hydrogen-bond donors (Lipinski definition) is 1. The number of aliphatic hydroxyl groups excluding tert-OH is 1. The van der Waals surface area contributed by atoms with Crippen molar-refractivity contribution in [3.8, 4) is 11.8 Å². The van der Waals surface area contributed by atoms with Gasteiger partial charge in [-0.2, -0.15) is 0 Å². The molecule has 0 fully saturated rings. The van der Waals surface area contributed by atoms with Crippen LogP contribution in [0.2, 0.25) is 0 Å². The highest BCUT2D eigenvalue weighted by atomic mass is 16.3. The fourth-order valence-electron chi connectivity index (χ4n) is 1.13. The summed E-state index contributed by atoms with van der Waals surface area (Å²) in [5.74, 6) is 5.58. The SMILES string of the molecule is Cc1ccc(C#CCN=[N+]=[N-])cc1CO. The highest BCUT2D eigenvalue weighted by molar-refractivity contribution is 5.40. The van der Waals surface area contributed by atoms with E-state index in [1.165, 1.54) is 0 Å². The summed E-state index contributed by atoms with van der Waals surface area (Å²) >= 11 is 0. The fourth-order valence-corrected chi connectivity index (χ4v) is 1.13. The lowest BCUT2D eigenvalue weighted by molar-refractivity contribution is 0.281. The van der Waals surface area contributed by atoms with Crippen LogP contribution in [0, 0.1) is 18.8 Å². The average Bonchev–Trinajstić information content (AvgIpc) is 2.26. The largest absolute Gasteiger partial charge is 0.392 e. The lowest BCUT2D eigenvalue weighted by Gasteiger charge is -2.01. The van der Waals surface area contributed by atoms with E-state index in [-0.39, 0.29) is 13.2 Å². The molecule has 1 N–H and O–H groups in total. The molecule has 0 aliphatic heterocycles. The van der Waals surface area contributed by atoms with Gasteiger partial charge in [0.2, 0.25) is 0 Å². The Labute approximate surface area is 88.2 Å². The second-order valence-electron chi connectivity index (χ2n) is 2.99. The smallest absolute Gasteiger partial charge is 0.0880 e. The molecule has 0 aliphatic rings. The highest BCUT2D eigenvalue weighted by Gasteiger charge is 1.96. The van der Waals surface area contributed by atoms with E-state index in [0.717, 1.165) is 16.7 Å². The molecule has 0 unspecified atom stereocenters. The standard InChI is InChI=1S/C11H11N3O/c1-9-4-5-10(7-11(9)8-15)3-2-6-13-14-12/h4-5,7,15H,6,8H2,1H3. The van der Waals surface area contributed by atoms with Crippen molar-refractivity contribution in [3.05, 3.63) is 45.3 Å². The Morgan fingerprint density at radius 1 is 1.53 bits per heavy atom. The maximum Gasteiger partial charge on any atom is 0.0880 e. The van der Waals surface area contributed by atoms with Gasteiger partial charge in [-0.15, -0.1) is 0 Å². The van der Waals surface area contributed by atoms with Crippen molar-refractivity contribution in [3.63, 3.8) is 0 Å². The van der Waals surface area contributed by atoms with E-state index in [0.29, 0.717) is 0 Å². The average molecular weight is 201 g/mol. The third-order valence-electron chi connectivity index (χ3n) is 1.97. The molecular formula is C11H11N3O. The first-order valence-electron chi connectivity index (χ1n) is 4.48. The number of aliphatic hydroxyl groups is 1. The van der Waals surface area contributed by atoms with Crippen molar-refractivity contribution < 1.29 is 5.11 Å². The predicted molar refractivity (Wildman–Crippen MR) is 58.0 cm³/mol. The Bertz CT molecular complexity index is 451. The lowest BCUT2D eigenvalue weighted by Crippen LogP contribution is -1.89. The second kappa shape index (κ2) is 5.71. The predicted octanol–water partition coefficient (Wildman–Crippen LogP) is 2.15. The zero-order valence-corrected chi connectivity index (χ0v) is 8.44. The summed E-state index contributed by atoms with van der Waals surface area (Å²) in [4.78, 5) is 2.60. The van der Waals surface area contributed by atoms with E-state index in [1.807, 2.05) is 25.1 Å². The van der Waals surface area contributed by atoms with Crippen molar-refractivity contribution >= 4 is 0 Å². The van der Waals surface area contributed by atoms with Crippen LogP contribution < -0.4 is 0 Å². The summed E-state index contributed by atoms with van der Waals surface area (Å²) in [6, 6.07) is 5.61. The molecule has 0 aliphatic carbocycles. The Hall–Kier alpha value is -1.95. The van der Waals surface area contributed by atoms with E-state index < -0.39 is 0 Å². The molecule has 1 rings (SSSR count). The van der Waals surface area contributed by atoms with Crippen LogP contribution in [0.4, 0.5) is 0 Å². The summed E-state index contributed by atoms with van der Waals surface area (Å²) in [6.07, 6.45) is 0. The molecule has 4 nitrogen and oxygen atoms in total. The monoisotopic (exact) mass is 201 g/mol. The second-order valence-corrected chi connectivity index (χ2v) is 2.99. The van der Waals surface area contributed by atoms with Gasteiger partial charge in [0.05, 0.1) is 13.2 Å². The molecule has 0 spiro atoms. The molecule has 0 bridgehead atoms. The van der Waals surface area contributed by atoms with E-state index in [4.69, 9.17) is 10.6 Å². The summed E-state index contributed by atoms with van der Waals surface area (Å²) < 4.78 is 0. The molecule has 0 saturated carbocycles. The first-order valence-corrected chi connectivity index (χ1v) is 4.48. The van der Waals surface area contributed by atoms with Crippen LogP contribution in [0.25, 0.3) is 10.4 Å². The van der Waals surface area contributed by atoms with E-state index in [9.17, 15) is 0 Å². The van der Waals surface area contributed by atoms with Gasteiger partial charge in [0.25, 0.3) is 0 Å². The molecular weight excluding hydrogens is 190 g/mol. The molecule has 1 aromatic carbocycles. The van der Waals surface area contributed by atoms with Crippen LogP contribution in [0.1, 0.15) is 16.7 Å². The van der Waals surface area contributed by atoms with Gasteiger partial charge in [0.15, 0.2) is 0 Å². The third kappa shape index (κ3) is 3.35. The van der Waals surface area contributed by atoms with Gasteiger partial charge in [-0.05, 0) is 35.7 Å². The number of nitrogens with zero attached hydrogens (tertiary/aromatic N) is 3. The van der Waals surface area contributed by atoms with Crippen LogP contribution in [0.3, 0.4) is 0 Å². The topological polar surface area (TPSA) is 69.0 Å². The minimum atomic E-state index is 0.0116. The normalized spacial score (nSPS) is 8.67. The van der Waals surface area contributed by atoms with Crippen LogP contribution in [-0.2, 0) is 6.61 Å². The van der Waals surface area contributed by atoms with Gasteiger partial charge < -0.3 is 5.11 Å². The third-order valence-corrected chi connectivity index (χ3v) is 1.97. The quantitative estimate of drug-likeness (QED) is 0.338. The van der Waals surface area contributed by atoms with Crippen molar-refractivity contribution in [2.24, 2.45) is 5.11 Å². The molecule has 0 saturated heterocycles. The van der Waals surface area contributed by atoms with Crippen LogP contribution in [-0.4, -0.2) is 11.7 Å². The Kier molecular flexibility index (Phi) is 4.24. The summed E-state index contributed by atoms with van der Waals surface area (Å²) in [5.41, 5.74) is 10.8.